The highest BCUT2D eigenvalue weighted by molar-refractivity contribution is 6.31. The van der Waals surface area contributed by atoms with E-state index in [4.69, 9.17) is 11.6 Å². The Bertz CT molecular complexity index is 716. The van der Waals surface area contributed by atoms with Crippen LogP contribution in [-0.2, 0) is 6.54 Å². The van der Waals surface area contributed by atoms with Gasteiger partial charge in [0.15, 0.2) is 0 Å². The van der Waals surface area contributed by atoms with E-state index in [2.05, 4.69) is 22.9 Å². The summed E-state index contributed by atoms with van der Waals surface area (Å²) in [4.78, 5) is 14.5. The minimum Gasteiger partial charge on any atom is -0.348 e. The number of anilines is 1. The minimum atomic E-state index is -0.496. The number of nitrogens with one attached hydrogen (secondary N) is 1. The molecule has 2 amide bonds. The Labute approximate surface area is 139 Å². The van der Waals surface area contributed by atoms with Crippen molar-refractivity contribution in [3.05, 3.63) is 53.1 Å². The predicted molar refractivity (Wildman–Crippen MR) is 89.2 cm³/mol. The third-order valence-corrected chi connectivity index (χ3v) is 4.45. The van der Waals surface area contributed by atoms with E-state index in [1.807, 2.05) is 17.2 Å². The smallest absolute Gasteiger partial charge is 0.322 e. The van der Waals surface area contributed by atoms with Crippen LogP contribution in [0.2, 0.25) is 5.02 Å². The molecule has 3 rings (SSSR count). The van der Waals surface area contributed by atoms with Crippen molar-refractivity contribution >= 4 is 23.3 Å². The molecule has 0 radical (unpaired) electrons. The standard InChI is InChI=1S/C17H19ClFN3O/c1-2-4-16-15-5-3-8-21(15)9-10-22(16)17(23)20-12-6-7-14(19)13(18)11-12/h3,5-8,11,16H,2,4,9-10H2,1H3,(H,20,23)/t16-/m0/s1. The number of fused-ring (bicyclic) bond motifs is 1. The number of halogens is 2. The van der Waals surface area contributed by atoms with E-state index < -0.39 is 5.82 Å². The quantitative estimate of drug-likeness (QED) is 0.869. The number of amides is 2. The molecule has 4 nitrogen and oxygen atoms in total. The molecule has 0 aliphatic carbocycles. The zero-order valence-corrected chi connectivity index (χ0v) is 13.7. The van der Waals surface area contributed by atoms with Crippen molar-refractivity contribution in [2.45, 2.75) is 32.4 Å². The predicted octanol–water partition coefficient (Wildman–Crippen LogP) is 4.67. The third-order valence-electron chi connectivity index (χ3n) is 4.16. The van der Waals surface area contributed by atoms with Crippen LogP contribution in [0, 0.1) is 5.82 Å². The van der Waals surface area contributed by atoms with Crippen LogP contribution in [0.1, 0.15) is 31.5 Å². The highest BCUT2D eigenvalue weighted by Gasteiger charge is 2.30. The number of aromatic nitrogens is 1. The fraction of sp³-hybridized carbons (Fsp3) is 0.353. The number of hydrogen-bond donors (Lipinski definition) is 1. The molecule has 1 aromatic heterocycles. The van der Waals surface area contributed by atoms with Crippen LogP contribution in [0.4, 0.5) is 14.9 Å². The number of hydrogen-bond acceptors (Lipinski definition) is 1. The van der Waals surface area contributed by atoms with Crippen molar-refractivity contribution < 1.29 is 9.18 Å². The van der Waals surface area contributed by atoms with Gasteiger partial charge in [-0.25, -0.2) is 9.18 Å². The summed E-state index contributed by atoms with van der Waals surface area (Å²) in [7, 11) is 0. The van der Waals surface area contributed by atoms with Crippen molar-refractivity contribution in [1.82, 2.24) is 9.47 Å². The molecular formula is C17H19ClFN3O. The number of carbonyl (C=O) groups is 1. The first-order valence-electron chi connectivity index (χ1n) is 7.78. The molecule has 0 spiro atoms. The average molecular weight is 336 g/mol. The van der Waals surface area contributed by atoms with Gasteiger partial charge in [0.2, 0.25) is 0 Å². The van der Waals surface area contributed by atoms with Crippen molar-refractivity contribution in [1.29, 1.82) is 0 Å². The van der Waals surface area contributed by atoms with Crippen LogP contribution in [0.15, 0.2) is 36.5 Å². The van der Waals surface area contributed by atoms with E-state index in [1.165, 1.54) is 18.2 Å². The molecule has 122 valence electrons. The summed E-state index contributed by atoms with van der Waals surface area (Å²) in [6, 6.07) is 8.14. The largest absolute Gasteiger partial charge is 0.348 e. The first-order valence-corrected chi connectivity index (χ1v) is 8.15. The zero-order chi connectivity index (χ0) is 16.4. The molecule has 1 aliphatic rings. The summed E-state index contributed by atoms with van der Waals surface area (Å²) in [5.41, 5.74) is 1.66. The Balaban J connectivity index is 1.79. The van der Waals surface area contributed by atoms with Crippen molar-refractivity contribution in [2.24, 2.45) is 0 Å². The lowest BCUT2D eigenvalue weighted by atomic mass is 10.0. The van der Waals surface area contributed by atoms with Crippen molar-refractivity contribution in [2.75, 3.05) is 11.9 Å². The third kappa shape index (κ3) is 3.20. The number of carbonyl (C=O) groups excluding carboxylic acids is 1. The molecule has 0 fully saturated rings. The van der Waals surface area contributed by atoms with Crippen LogP contribution >= 0.6 is 11.6 Å². The van der Waals surface area contributed by atoms with Gasteiger partial charge in [-0.05, 0) is 36.8 Å². The van der Waals surface area contributed by atoms with Gasteiger partial charge in [0, 0.05) is 30.7 Å². The lowest BCUT2D eigenvalue weighted by Gasteiger charge is -2.37. The lowest BCUT2D eigenvalue weighted by molar-refractivity contribution is 0.163. The molecule has 2 heterocycles. The Morgan fingerprint density at radius 1 is 1.39 bits per heavy atom. The van der Waals surface area contributed by atoms with Gasteiger partial charge < -0.3 is 14.8 Å². The molecule has 0 saturated heterocycles. The van der Waals surface area contributed by atoms with Gasteiger partial charge >= 0.3 is 6.03 Å². The number of benzene rings is 1. The summed E-state index contributed by atoms with van der Waals surface area (Å²) in [6.07, 6.45) is 3.94. The maximum Gasteiger partial charge on any atom is 0.322 e. The second-order valence-corrected chi connectivity index (χ2v) is 6.09. The second-order valence-electron chi connectivity index (χ2n) is 5.68. The van der Waals surface area contributed by atoms with E-state index in [-0.39, 0.29) is 17.1 Å². The van der Waals surface area contributed by atoms with Crippen molar-refractivity contribution in [3.8, 4) is 0 Å². The first kappa shape index (κ1) is 15.9. The molecule has 1 aromatic carbocycles. The summed E-state index contributed by atoms with van der Waals surface area (Å²) >= 11 is 5.77. The van der Waals surface area contributed by atoms with Crippen LogP contribution in [0.5, 0.6) is 0 Å². The summed E-state index contributed by atoms with van der Waals surface area (Å²) in [5.74, 6) is -0.496. The maximum absolute atomic E-state index is 13.2. The van der Waals surface area contributed by atoms with Gasteiger partial charge in [0.1, 0.15) is 5.82 Å². The zero-order valence-electron chi connectivity index (χ0n) is 12.9. The molecule has 2 aromatic rings. The van der Waals surface area contributed by atoms with Gasteiger partial charge in [-0.15, -0.1) is 0 Å². The molecule has 1 atom stereocenters. The summed E-state index contributed by atoms with van der Waals surface area (Å²) < 4.78 is 15.4. The van der Waals surface area contributed by atoms with Gasteiger partial charge in [-0.2, -0.15) is 0 Å². The maximum atomic E-state index is 13.2. The highest BCUT2D eigenvalue weighted by Crippen LogP contribution is 2.30. The fourth-order valence-electron chi connectivity index (χ4n) is 3.05. The van der Waals surface area contributed by atoms with Gasteiger partial charge in [-0.3, -0.25) is 0 Å². The monoisotopic (exact) mass is 335 g/mol. The van der Waals surface area contributed by atoms with Gasteiger partial charge in [0.25, 0.3) is 0 Å². The Morgan fingerprint density at radius 2 is 2.22 bits per heavy atom. The first-order chi connectivity index (χ1) is 11.1. The Kier molecular flexibility index (Phi) is 4.57. The number of nitrogens with zero attached hydrogens (tertiary/aromatic N) is 2. The summed E-state index contributed by atoms with van der Waals surface area (Å²) in [6.45, 7) is 3.53. The average Bonchev–Trinajstić information content (AvgIpc) is 3.00. The molecule has 0 bridgehead atoms. The molecule has 0 saturated carbocycles. The molecule has 1 N–H and O–H groups in total. The number of urea groups is 1. The second kappa shape index (κ2) is 6.62. The van der Waals surface area contributed by atoms with Crippen LogP contribution < -0.4 is 5.32 Å². The van der Waals surface area contributed by atoms with E-state index >= 15 is 0 Å². The van der Waals surface area contributed by atoms with E-state index in [0.717, 1.165) is 25.1 Å². The molecule has 23 heavy (non-hydrogen) atoms. The minimum absolute atomic E-state index is 0.000397. The lowest BCUT2D eigenvalue weighted by Crippen LogP contribution is -2.44. The fourth-order valence-corrected chi connectivity index (χ4v) is 3.23. The van der Waals surface area contributed by atoms with Gasteiger partial charge in [-0.1, -0.05) is 24.9 Å². The topological polar surface area (TPSA) is 37.3 Å². The van der Waals surface area contributed by atoms with Crippen LogP contribution in [-0.4, -0.2) is 22.0 Å². The Hall–Kier alpha value is -2.01. The molecule has 6 heteroatoms. The molecular weight excluding hydrogens is 317 g/mol. The van der Waals surface area contributed by atoms with E-state index in [0.29, 0.717) is 12.2 Å². The van der Waals surface area contributed by atoms with Crippen LogP contribution in [0.3, 0.4) is 0 Å². The summed E-state index contributed by atoms with van der Waals surface area (Å²) in [5, 5.41) is 2.82. The normalized spacial score (nSPS) is 17.0. The van der Waals surface area contributed by atoms with E-state index in [9.17, 15) is 9.18 Å². The SMILES string of the molecule is CCC[C@H]1c2cccn2CCN1C(=O)Nc1ccc(F)c(Cl)c1. The molecule has 1 aliphatic heterocycles. The number of rotatable bonds is 3. The van der Waals surface area contributed by atoms with Gasteiger partial charge in [0.05, 0.1) is 11.1 Å². The molecule has 0 unspecified atom stereocenters. The highest BCUT2D eigenvalue weighted by atomic mass is 35.5. The van der Waals surface area contributed by atoms with Crippen LogP contribution in [0.25, 0.3) is 0 Å². The van der Waals surface area contributed by atoms with E-state index in [1.54, 1.807) is 0 Å². The Morgan fingerprint density at radius 3 is 2.96 bits per heavy atom. The van der Waals surface area contributed by atoms with Crippen molar-refractivity contribution in [3.63, 3.8) is 0 Å².